The Hall–Kier alpha value is -1.73. The number of aryl methyl sites for hydroxylation is 1. The predicted octanol–water partition coefficient (Wildman–Crippen LogP) is 2.41. The third kappa shape index (κ3) is 3.94. The van der Waals surface area contributed by atoms with Gasteiger partial charge in [0.25, 0.3) is 0 Å². The number of nitriles is 1. The number of unbranched alkanes of at least 4 members (excludes halogenated alkanes) is 1. The van der Waals surface area contributed by atoms with Crippen molar-refractivity contribution in [1.29, 1.82) is 5.26 Å². The van der Waals surface area contributed by atoms with Gasteiger partial charge in [-0.1, -0.05) is 0 Å². The highest BCUT2D eigenvalue weighted by Gasteiger charge is 2.07. The summed E-state index contributed by atoms with van der Waals surface area (Å²) in [6.07, 6.45) is 1.45. The van der Waals surface area contributed by atoms with Crippen LogP contribution in [0.2, 0.25) is 0 Å². The van der Waals surface area contributed by atoms with Gasteiger partial charge in [-0.15, -0.1) is 0 Å². The van der Waals surface area contributed by atoms with E-state index in [2.05, 4.69) is 11.4 Å². The molecule has 0 spiro atoms. The SMILES string of the molecule is COc1cc(CNCCCC#N)c(OC)cc1C. The molecule has 98 valence electrons. The summed E-state index contributed by atoms with van der Waals surface area (Å²) >= 11 is 0. The zero-order valence-electron chi connectivity index (χ0n) is 11.2. The number of nitrogens with zero attached hydrogens (tertiary/aromatic N) is 1. The maximum absolute atomic E-state index is 8.45. The van der Waals surface area contributed by atoms with Crippen LogP contribution in [0.3, 0.4) is 0 Å². The van der Waals surface area contributed by atoms with Gasteiger partial charge in [0.2, 0.25) is 0 Å². The van der Waals surface area contributed by atoms with Crippen molar-refractivity contribution in [1.82, 2.24) is 5.32 Å². The smallest absolute Gasteiger partial charge is 0.123 e. The Balaban J connectivity index is 2.65. The second kappa shape index (κ2) is 7.57. The molecule has 0 unspecified atom stereocenters. The molecule has 0 amide bonds. The first-order valence-electron chi connectivity index (χ1n) is 6.02. The van der Waals surface area contributed by atoms with Crippen molar-refractivity contribution in [3.05, 3.63) is 23.3 Å². The van der Waals surface area contributed by atoms with Crippen LogP contribution in [0.15, 0.2) is 12.1 Å². The molecule has 0 atom stereocenters. The summed E-state index contributed by atoms with van der Waals surface area (Å²) in [6, 6.07) is 6.10. The predicted molar refractivity (Wildman–Crippen MR) is 70.8 cm³/mol. The molecular weight excluding hydrogens is 228 g/mol. The van der Waals surface area contributed by atoms with Gasteiger partial charge in [0.15, 0.2) is 0 Å². The molecule has 0 aliphatic heterocycles. The fraction of sp³-hybridized carbons (Fsp3) is 0.500. The summed E-state index contributed by atoms with van der Waals surface area (Å²) in [5, 5.41) is 11.7. The molecule has 1 N–H and O–H groups in total. The van der Waals surface area contributed by atoms with E-state index in [4.69, 9.17) is 14.7 Å². The maximum Gasteiger partial charge on any atom is 0.123 e. The molecule has 1 rings (SSSR count). The lowest BCUT2D eigenvalue weighted by Crippen LogP contribution is -2.15. The first-order valence-corrected chi connectivity index (χ1v) is 6.02. The monoisotopic (exact) mass is 248 g/mol. The number of nitrogens with one attached hydrogen (secondary N) is 1. The Labute approximate surface area is 109 Å². The number of rotatable bonds is 7. The van der Waals surface area contributed by atoms with E-state index in [1.807, 2.05) is 19.1 Å². The summed E-state index contributed by atoms with van der Waals surface area (Å²) in [6.45, 7) is 3.53. The molecule has 0 aliphatic rings. The Morgan fingerprint density at radius 2 is 1.94 bits per heavy atom. The molecule has 0 aromatic heterocycles. The Kier molecular flexibility index (Phi) is 6.03. The van der Waals surface area contributed by atoms with Gasteiger partial charge in [-0.3, -0.25) is 0 Å². The van der Waals surface area contributed by atoms with E-state index < -0.39 is 0 Å². The third-order valence-corrected chi connectivity index (χ3v) is 2.76. The van der Waals surface area contributed by atoms with Gasteiger partial charge < -0.3 is 14.8 Å². The minimum Gasteiger partial charge on any atom is -0.496 e. The van der Waals surface area contributed by atoms with Crippen LogP contribution in [-0.4, -0.2) is 20.8 Å². The fourth-order valence-corrected chi connectivity index (χ4v) is 1.77. The molecule has 0 aliphatic carbocycles. The Bertz CT molecular complexity index is 425. The second-order valence-corrected chi connectivity index (χ2v) is 4.07. The first-order chi connectivity index (χ1) is 8.72. The first kappa shape index (κ1) is 14.3. The molecular formula is C14H20N2O2. The summed E-state index contributed by atoms with van der Waals surface area (Å²) in [7, 11) is 3.33. The normalized spacial score (nSPS) is 9.89. The molecule has 1 aromatic rings. The van der Waals surface area contributed by atoms with Crippen LogP contribution in [0, 0.1) is 18.3 Å². The number of hydrogen-bond acceptors (Lipinski definition) is 4. The van der Waals surface area contributed by atoms with Gasteiger partial charge in [0.05, 0.1) is 20.3 Å². The molecule has 0 saturated heterocycles. The lowest BCUT2D eigenvalue weighted by Gasteiger charge is -2.13. The van der Waals surface area contributed by atoms with Crippen LogP contribution in [0.1, 0.15) is 24.0 Å². The van der Waals surface area contributed by atoms with Crippen LogP contribution >= 0.6 is 0 Å². The van der Waals surface area contributed by atoms with Crippen molar-refractivity contribution in [2.75, 3.05) is 20.8 Å². The molecule has 0 heterocycles. The fourth-order valence-electron chi connectivity index (χ4n) is 1.77. The molecule has 0 bridgehead atoms. The average molecular weight is 248 g/mol. The van der Waals surface area contributed by atoms with Gasteiger partial charge >= 0.3 is 0 Å². The van der Waals surface area contributed by atoms with E-state index in [0.29, 0.717) is 13.0 Å². The minimum absolute atomic E-state index is 0.585. The maximum atomic E-state index is 8.45. The van der Waals surface area contributed by atoms with E-state index in [9.17, 15) is 0 Å². The van der Waals surface area contributed by atoms with Crippen molar-refractivity contribution in [3.8, 4) is 17.6 Å². The van der Waals surface area contributed by atoms with Gasteiger partial charge in [-0.25, -0.2) is 0 Å². The third-order valence-electron chi connectivity index (χ3n) is 2.76. The molecule has 0 saturated carbocycles. The summed E-state index contributed by atoms with van der Waals surface area (Å²) in [5.41, 5.74) is 2.12. The van der Waals surface area contributed by atoms with Crippen molar-refractivity contribution in [3.63, 3.8) is 0 Å². The van der Waals surface area contributed by atoms with Crippen LogP contribution in [0.4, 0.5) is 0 Å². The van der Waals surface area contributed by atoms with Crippen LogP contribution in [0.5, 0.6) is 11.5 Å². The number of benzene rings is 1. The van der Waals surface area contributed by atoms with E-state index in [-0.39, 0.29) is 0 Å². The van der Waals surface area contributed by atoms with Gasteiger partial charge in [-0.2, -0.15) is 5.26 Å². The zero-order chi connectivity index (χ0) is 13.4. The number of methoxy groups -OCH3 is 2. The quantitative estimate of drug-likeness (QED) is 0.753. The highest BCUT2D eigenvalue weighted by atomic mass is 16.5. The van der Waals surface area contributed by atoms with Crippen LogP contribution < -0.4 is 14.8 Å². The largest absolute Gasteiger partial charge is 0.496 e. The van der Waals surface area contributed by atoms with Gasteiger partial charge in [0, 0.05) is 18.5 Å². The van der Waals surface area contributed by atoms with Crippen molar-refractivity contribution in [2.45, 2.75) is 26.3 Å². The van der Waals surface area contributed by atoms with Crippen molar-refractivity contribution in [2.24, 2.45) is 0 Å². The van der Waals surface area contributed by atoms with Crippen LogP contribution in [0.25, 0.3) is 0 Å². The molecule has 4 heteroatoms. The Morgan fingerprint density at radius 3 is 2.56 bits per heavy atom. The zero-order valence-corrected chi connectivity index (χ0v) is 11.2. The summed E-state index contributed by atoms with van der Waals surface area (Å²) in [5.74, 6) is 1.73. The van der Waals surface area contributed by atoms with Crippen LogP contribution in [-0.2, 0) is 6.54 Å². The van der Waals surface area contributed by atoms with E-state index >= 15 is 0 Å². The lowest BCUT2D eigenvalue weighted by molar-refractivity contribution is 0.394. The topological polar surface area (TPSA) is 54.3 Å². The molecule has 18 heavy (non-hydrogen) atoms. The summed E-state index contributed by atoms with van der Waals surface area (Å²) < 4.78 is 10.7. The van der Waals surface area contributed by atoms with Gasteiger partial charge in [-0.05, 0) is 37.6 Å². The van der Waals surface area contributed by atoms with E-state index in [0.717, 1.165) is 35.6 Å². The van der Waals surface area contributed by atoms with Gasteiger partial charge in [0.1, 0.15) is 11.5 Å². The van der Waals surface area contributed by atoms with Crippen molar-refractivity contribution < 1.29 is 9.47 Å². The molecule has 4 nitrogen and oxygen atoms in total. The highest BCUT2D eigenvalue weighted by molar-refractivity contribution is 5.45. The Morgan fingerprint density at radius 1 is 1.22 bits per heavy atom. The van der Waals surface area contributed by atoms with E-state index in [1.165, 1.54) is 0 Å². The minimum atomic E-state index is 0.585. The number of ether oxygens (including phenoxy) is 2. The molecule has 1 aromatic carbocycles. The highest BCUT2D eigenvalue weighted by Crippen LogP contribution is 2.28. The number of hydrogen-bond donors (Lipinski definition) is 1. The van der Waals surface area contributed by atoms with Crippen molar-refractivity contribution >= 4 is 0 Å². The van der Waals surface area contributed by atoms with E-state index in [1.54, 1.807) is 14.2 Å². The molecule has 0 radical (unpaired) electrons. The molecule has 0 fully saturated rings. The summed E-state index contributed by atoms with van der Waals surface area (Å²) in [4.78, 5) is 0. The standard InChI is InChI=1S/C14H20N2O2/c1-11-8-14(18-3)12(9-13(11)17-2)10-16-7-5-4-6-15/h8-9,16H,4-5,7,10H2,1-3H3. The second-order valence-electron chi connectivity index (χ2n) is 4.07. The lowest BCUT2D eigenvalue weighted by atomic mass is 10.1. The average Bonchev–Trinajstić information content (AvgIpc) is 2.39.